The number of likely N-dealkylation sites (N-methyl/N-ethyl adjacent to an activating group) is 1. The van der Waals surface area contributed by atoms with Gasteiger partial charge in [0.1, 0.15) is 13.2 Å². The van der Waals surface area contributed by atoms with Crippen molar-refractivity contribution in [1.82, 2.24) is 5.32 Å². The van der Waals surface area contributed by atoms with E-state index in [1.54, 1.807) is 6.08 Å². The first-order chi connectivity index (χ1) is 25.5. The highest BCUT2D eigenvalue weighted by Crippen LogP contribution is 2.43. The van der Waals surface area contributed by atoms with Crippen molar-refractivity contribution in [3.63, 3.8) is 0 Å². The van der Waals surface area contributed by atoms with Gasteiger partial charge in [0.05, 0.1) is 39.9 Å². The summed E-state index contributed by atoms with van der Waals surface area (Å²) in [6.07, 6.45) is 44.1. The summed E-state index contributed by atoms with van der Waals surface area (Å²) in [7, 11) is 1.50. The molecule has 4 N–H and O–H groups in total. The topological polar surface area (TPSA) is 125 Å². The maximum absolute atomic E-state index is 12.8. The zero-order valence-corrected chi connectivity index (χ0v) is 34.8. The van der Waals surface area contributed by atoms with Crippen LogP contribution in [0.4, 0.5) is 0 Å². The summed E-state index contributed by atoms with van der Waals surface area (Å²) < 4.78 is 23.4. The van der Waals surface area contributed by atoms with Crippen LogP contribution in [0.3, 0.4) is 0 Å². The third-order valence-electron chi connectivity index (χ3n) is 8.43. The average Bonchev–Trinajstić information content (AvgIpc) is 3.10. The molecule has 306 valence electrons. The normalized spacial score (nSPS) is 15.2. The highest BCUT2D eigenvalue weighted by molar-refractivity contribution is 7.47. The minimum absolute atomic E-state index is 0.0408. The fraction of sp³-hybridized carbons (Fsp3) is 0.698. The van der Waals surface area contributed by atoms with Crippen LogP contribution in [0, 0.1) is 0 Å². The standard InChI is InChI=1S/C43H77N2O7P/c1-5-6-7-8-9-10-11-17-20-23-26-29-32-35-42(47)41(40-52-53(49,50)51-39-37-45(2,3)4)44-43(48)36-33-30-27-24-21-18-15-13-12-14-16-19-22-25-28-31-34-38-46/h7-8,12,14-15,18-19,22,24,27,32,35,41-42,46-47H,5-6,9-11,13,16-17,20-21,23,25-26,28-31,33-34,36-40H2,1-4H3,(H-,44,48,49,50)/p+1/b8-7-,14-12-,18-15-,22-19-,27-24-,35-32+/t41-,42+/m0/s1. The number of aliphatic hydroxyl groups excluding tert-OH is 2. The lowest BCUT2D eigenvalue weighted by molar-refractivity contribution is -0.870. The Morgan fingerprint density at radius 2 is 1.15 bits per heavy atom. The largest absolute Gasteiger partial charge is 0.472 e. The first-order valence-corrected chi connectivity index (χ1v) is 21.9. The Hall–Kier alpha value is -2.10. The van der Waals surface area contributed by atoms with Crippen LogP contribution in [0.1, 0.15) is 135 Å². The molecule has 0 aromatic heterocycles. The number of quaternary nitrogens is 1. The maximum atomic E-state index is 12.8. The SMILES string of the molecule is CCC/C=C\CCCCCCCC/C=C/[C@@H](O)[C@H](COP(=O)(O)OCC[N+](C)(C)C)NC(=O)CCC/C=C\C/C=C\C/C=C\C/C=C\CCCCCO. The van der Waals surface area contributed by atoms with E-state index < -0.39 is 20.0 Å². The number of allylic oxidation sites excluding steroid dienone is 11. The van der Waals surface area contributed by atoms with Gasteiger partial charge in [0, 0.05) is 13.0 Å². The van der Waals surface area contributed by atoms with E-state index in [4.69, 9.17) is 14.2 Å². The first-order valence-electron chi connectivity index (χ1n) is 20.4. The molecule has 0 aliphatic rings. The van der Waals surface area contributed by atoms with E-state index in [2.05, 4.69) is 73.0 Å². The molecule has 0 aliphatic carbocycles. The lowest BCUT2D eigenvalue weighted by atomic mass is 10.1. The Kier molecular flexibility index (Phi) is 34.2. The second-order valence-electron chi connectivity index (χ2n) is 14.7. The Morgan fingerprint density at radius 3 is 1.70 bits per heavy atom. The Morgan fingerprint density at radius 1 is 0.679 bits per heavy atom. The number of phosphoric acid groups is 1. The molecule has 10 heteroatoms. The van der Waals surface area contributed by atoms with Gasteiger partial charge in [0.15, 0.2) is 0 Å². The molecule has 0 radical (unpaired) electrons. The molecule has 0 heterocycles. The summed E-state index contributed by atoms with van der Waals surface area (Å²) in [6, 6.07) is -0.888. The van der Waals surface area contributed by atoms with Crippen LogP contribution in [0.2, 0.25) is 0 Å². The monoisotopic (exact) mass is 766 g/mol. The Bertz CT molecular complexity index is 1090. The van der Waals surface area contributed by atoms with E-state index in [-0.39, 0.29) is 32.1 Å². The van der Waals surface area contributed by atoms with Crippen LogP contribution in [-0.2, 0) is 18.4 Å². The van der Waals surface area contributed by atoms with Crippen molar-refractivity contribution in [2.45, 2.75) is 147 Å². The molecule has 3 atom stereocenters. The molecule has 9 nitrogen and oxygen atoms in total. The lowest BCUT2D eigenvalue weighted by Crippen LogP contribution is -2.45. The summed E-state index contributed by atoms with van der Waals surface area (Å²) >= 11 is 0. The number of unbranched alkanes of at least 4 members (excludes halogenated alkanes) is 12. The number of phosphoric ester groups is 1. The predicted molar refractivity (Wildman–Crippen MR) is 223 cm³/mol. The van der Waals surface area contributed by atoms with Gasteiger partial charge >= 0.3 is 7.82 Å². The summed E-state index contributed by atoms with van der Waals surface area (Å²) in [5.74, 6) is -0.248. The molecular formula is C43H78N2O7P+. The molecule has 0 aliphatic heterocycles. The summed E-state index contributed by atoms with van der Waals surface area (Å²) in [4.78, 5) is 23.0. The highest BCUT2D eigenvalue weighted by atomic mass is 31.2. The number of hydrogen-bond acceptors (Lipinski definition) is 6. The van der Waals surface area contributed by atoms with E-state index in [9.17, 15) is 19.4 Å². The van der Waals surface area contributed by atoms with Gasteiger partial charge in [0.25, 0.3) is 0 Å². The second-order valence-corrected chi connectivity index (χ2v) is 16.2. The zero-order valence-electron chi connectivity index (χ0n) is 33.9. The number of amides is 1. The van der Waals surface area contributed by atoms with Gasteiger partial charge in [-0.15, -0.1) is 0 Å². The van der Waals surface area contributed by atoms with Crippen molar-refractivity contribution < 1.29 is 38.0 Å². The van der Waals surface area contributed by atoms with E-state index in [0.29, 0.717) is 17.4 Å². The number of hydrogen-bond donors (Lipinski definition) is 4. The fourth-order valence-corrected chi connectivity index (χ4v) is 5.87. The molecule has 0 saturated heterocycles. The number of carbonyl (C=O) groups excluding carboxylic acids is 1. The third-order valence-corrected chi connectivity index (χ3v) is 9.41. The van der Waals surface area contributed by atoms with Crippen LogP contribution < -0.4 is 5.32 Å². The average molecular weight is 766 g/mol. The Labute approximate surface area is 324 Å². The molecule has 53 heavy (non-hydrogen) atoms. The van der Waals surface area contributed by atoms with Crippen molar-refractivity contribution in [1.29, 1.82) is 0 Å². The summed E-state index contributed by atoms with van der Waals surface area (Å²) in [5, 5.41) is 22.5. The van der Waals surface area contributed by atoms with Gasteiger partial charge in [-0.1, -0.05) is 118 Å². The highest BCUT2D eigenvalue weighted by Gasteiger charge is 2.27. The quantitative estimate of drug-likeness (QED) is 0.0217. The zero-order chi connectivity index (χ0) is 39.3. The number of nitrogens with zero attached hydrogens (tertiary/aromatic N) is 1. The minimum Gasteiger partial charge on any atom is -0.396 e. The number of carbonyl (C=O) groups is 1. The predicted octanol–water partition coefficient (Wildman–Crippen LogP) is 9.82. The fourth-order valence-electron chi connectivity index (χ4n) is 5.13. The van der Waals surface area contributed by atoms with Crippen LogP contribution in [0.5, 0.6) is 0 Å². The van der Waals surface area contributed by atoms with Crippen molar-refractivity contribution >= 4 is 13.7 Å². The van der Waals surface area contributed by atoms with Crippen molar-refractivity contribution in [3.8, 4) is 0 Å². The van der Waals surface area contributed by atoms with E-state index >= 15 is 0 Å². The molecule has 0 saturated carbocycles. The van der Waals surface area contributed by atoms with Gasteiger partial charge in [-0.05, 0) is 83.5 Å². The number of nitrogens with one attached hydrogen (secondary N) is 1. The molecule has 0 aromatic rings. The molecule has 0 spiro atoms. The van der Waals surface area contributed by atoms with Gasteiger partial charge in [0.2, 0.25) is 5.91 Å². The molecule has 1 unspecified atom stereocenters. The minimum atomic E-state index is -4.36. The molecular weight excluding hydrogens is 687 g/mol. The van der Waals surface area contributed by atoms with Crippen LogP contribution in [0.15, 0.2) is 72.9 Å². The first kappa shape index (κ1) is 50.9. The smallest absolute Gasteiger partial charge is 0.396 e. The number of rotatable bonds is 36. The molecule has 0 fully saturated rings. The molecule has 0 aromatic carbocycles. The number of aliphatic hydroxyl groups is 2. The lowest BCUT2D eigenvalue weighted by Gasteiger charge is -2.25. The molecule has 0 rings (SSSR count). The van der Waals surface area contributed by atoms with E-state index in [0.717, 1.165) is 77.0 Å². The summed E-state index contributed by atoms with van der Waals surface area (Å²) in [6.45, 7) is 2.68. The molecule has 0 bridgehead atoms. The van der Waals surface area contributed by atoms with Gasteiger partial charge in [-0.2, -0.15) is 0 Å². The van der Waals surface area contributed by atoms with E-state index in [1.807, 2.05) is 27.2 Å². The van der Waals surface area contributed by atoms with Crippen LogP contribution in [-0.4, -0.2) is 85.2 Å². The van der Waals surface area contributed by atoms with Crippen molar-refractivity contribution in [2.24, 2.45) is 0 Å². The Balaban J connectivity index is 4.61. The second kappa shape index (κ2) is 35.6. The van der Waals surface area contributed by atoms with Crippen LogP contribution in [0.25, 0.3) is 0 Å². The van der Waals surface area contributed by atoms with Gasteiger partial charge in [-0.25, -0.2) is 4.57 Å². The van der Waals surface area contributed by atoms with Crippen molar-refractivity contribution in [2.75, 3.05) is 47.5 Å². The van der Waals surface area contributed by atoms with Gasteiger partial charge in [-0.3, -0.25) is 13.8 Å². The third kappa shape index (κ3) is 38.0. The van der Waals surface area contributed by atoms with Gasteiger partial charge < -0.3 is 24.9 Å². The molecule has 1 amide bonds. The van der Waals surface area contributed by atoms with Crippen LogP contribution >= 0.6 is 7.82 Å². The van der Waals surface area contributed by atoms with Crippen molar-refractivity contribution in [3.05, 3.63) is 72.9 Å². The summed E-state index contributed by atoms with van der Waals surface area (Å²) in [5.41, 5.74) is 0. The maximum Gasteiger partial charge on any atom is 0.472 e. The van der Waals surface area contributed by atoms with E-state index in [1.165, 1.54) is 38.5 Å².